The number of aliphatic hydroxyl groups is 1. The van der Waals surface area contributed by atoms with Crippen LogP contribution in [0.4, 0.5) is 18.9 Å². The monoisotopic (exact) mass is 283 g/mol. The molecule has 0 aliphatic carbocycles. The van der Waals surface area contributed by atoms with Crippen LogP contribution in [-0.2, 0) is 6.18 Å². The number of halogens is 3. The molecule has 2 aromatic carbocycles. The van der Waals surface area contributed by atoms with Gasteiger partial charge in [0.2, 0.25) is 0 Å². The van der Waals surface area contributed by atoms with E-state index >= 15 is 0 Å². The molecule has 106 valence electrons. The maximum atomic E-state index is 12.7. The van der Waals surface area contributed by atoms with Crippen LogP contribution in [0.2, 0.25) is 0 Å². The van der Waals surface area contributed by atoms with Crippen LogP contribution >= 0.6 is 0 Å². The number of anilines is 1. The van der Waals surface area contributed by atoms with E-state index in [-0.39, 0.29) is 22.6 Å². The molecule has 3 nitrogen and oxygen atoms in total. The number of alkyl halides is 3. The Labute approximate surface area is 113 Å². The van der Waals surface area contributed by atoms with E-state index in [1.165, 1.54) is 24.3 Å². The van der Waals surface area contributed by atoms with E-state index in [0.29, 0.717) is 0 Å². The number of phenols is 1. The number of aliphatic hydroxyl groups excluding tert-OH is 1. The molecule has 0 radical (unpaired) electrons. The summed E-state index contributed by atoms with van der Waals surface area (Å²) in [5.41, 5.74) is 4.99. The van der Waals surface area contributed by atoms with Crippen molar-refractivity contribution in [3.8, 4) is 5.75 Å². The molecule has 4 N–H and O–H groups in total. The molecule has 6 heteroatoms. The summed E-state index contributed by atoms with van der Waals surface area (Å²) >= 11 is 0. The zero-order chi connectivity index (χ0) is 14.9. The van der Waals surface area contributed by atoms with Crippen LogP contribution in [0.5, 0.6) is 5.75 Å². The van der Waals surface area contributed by atoms with E-state index in [2.05, 4.69) is 0 Å². The highest BCUT2D eigenvalue weighted by molar-refractivity contribution is 5.53. The summed E-state index contributed by atoms with van der Waals surface area (Å²) in [7, 11) is 0. The molecule has 0 spiro atoms. The van der Waals surface area contributed by atoms with Gasteiger partial charge in [-0.25, -0.2) is 0 Å². The van der Waals surface area contributed by atoms with Crippen LogP contribution in [-0.4, -0.2) is 10.2 Å². The van der Waals surface area contributed by atoms with E-state index < -0.39 is 17.8 Å². The quantitative estimate of drug-likeness (QED) is 0.742. The summed E-state index contributed by atoms with van der Waals surface area (Å²) < 4.78 is 38.0. The third-order valence-corrected chi connectivity index (χ3v) is 2.89. The summed E-state index contributed by atoms with van der Waals surface area (Å²) in [6.07, 6.45) is -5.86. The number of benzene rings is 2. The van der Waals surface area contributed by atoms with Gasteiger partial charge in [-0.05, 0) is 35.9 Å². The zero-order valence-corrected chi connectivity index (χ0v) is 10.2. The van der Waals surface area contributed by atoms with Gasteiger partial charge >= 0.3 is 6.18 Å². The molecule has 0 amide bonds. The van der Waals surface area contributed by atoms with Crippen molar-refractivity contribution >= 4 is 5.69 Å². The van der Waals surface area contributed by atoms with Crippen LogP contribution in [0.15, 0.2) is 42.5 Å². The molecule has 2 aromatic rings. The first-order valence-corrected chi connectivity index (χ1v) is 5.72. The van der Waals surface area contributed by atoms with Gasteiger partial charge in [-0.3, -0.25) is 0 Å². The highest BCUT2D eigenvalue weighted by Gasteiger charge is 2.31. The van der Waals surface area contributed by atoms with Gasteiger partial charge in [0.1, 0.15) is 11.9 Å². The number of phenolic OH excluding ortho intramolecular Hbond substituents is 1. The van der Waals surface area contributed by atoms with Gasteiger partial charge in [0.05, 0.1) is 5.56 Å². The second kappa shape index (κ2) is 5.05. The summed E-state index contributed by atoms with van der Waals surface area (Å²) in [6, 6.07) is 8.40. The predicted octanol–water partition coefficient (Wildman–Crippen LogP) is 3.07. The molecule has 0 bridgehead atoms. The Hall–Kier alpha value is -2.21. The van der Waals surface area contributed by atoms with Crippen molar-refractivity contribution in [2.45, 2.75) is 12.3 Å². The highest BCUT2D eigenvalue weighted by atomic mass is 19.4. The molecule has 1 unspecified atom stereocenters. The number of hydrogen-bond donors (Lipinski definition) is 3. The Morgan fingerprint density at radius 1 is 1.05 bits per heavy atom. The lowest BCUT2D eigenvalue weighted by atomic mass is 9.98. The molecule has 1 atom stereocenters. The van der Waals surface area contributed by atoms with Crippen LogP contribution in [0.3, 0.4) is 0 Å². The van der Waals surface area contributed by atoms with Crippen molar-refractivity contribution in [2.24, 2.45) is 0 Å². The number of rotatable bonds is 2. The minimum atomic E-state index is -4.51. The smallest absolute Gasteiger partial charge is 0.416 e. The third kappa shape index (κ3) is 2.85. The van der Waals surface area contributed by atoms with Crippen molar-refractivity contribution in [2.75, 3.05) is 5.73 Å². The topological polar surface area (TPSA) is 66.5 Å². The lowest BCUT2D eigenvalue weighted by molar-refractivity contribution is -0.137. The molecule has 0 fully saturated rings. The zero-order valence-electron chi connectivity index (χ0n) is 10.2. The first kappa shape index (κ1) is 14.2. The molecular formula is C14H12F3NO2. The maximum Gasteiger partial charge on any atom is 0.416 e. The van der Waals surface area contributed by atoms with Crippen LogP contribution in [0, 0.1) is 0 Å². The summed E-state index contributed by atoms with van der Waals surface area (Å²) in [5.74, 6) is -0.0907. The van der Waals surface area contributed by atoms with Crippen molar-refractivity contribution in [3.05, 3.63) is 59.2 Å². The minimum absolute atomic E-state index is 0.0499. The Morgan fingerprint density at radius 3 is 2.35 bits per heavy atom. The fraction of sp³-hybridized carbons (Fsp3) is 0.143. The average molecular weight is 283 g/mol. The van der Waals surface area contributed by atoms with Crippen molar-refractivity contribution in [1.82, 2.24) is 0 Å². The van der Waals surface area contributed by atoms with Gasteiger partial charge in [-0.2, -0.15) is 13.2 Å². The molecule has 20 heavy (non-hydrogen) atoms. The van der Waals surface area contributed by atoms with E-state index in [0.717, 1.165) is 18.2 Å². The summed E-state index contributed by atoms with van der Waals surface area (Å²) in [5, 5.41) is 19.5. The Morgan fingerprint density at radius 2 is 1.75 bits per heavy atom. The van der Waals surface area contributed by atoms with Gasteiger partial charge < -0.3 is 15.9 Å². The van der Waals surface area contributed by atoms with Crippen molar-refractivity contribution in [1.29, 1.82) is 0 Å². The molecule has 0 aromatic heterocycles. The first-order chi connectivity index (χ1) is 9.29. The van der Waals surface area contributed by atoms with Crippen LogP contribution in [0.25, 0.3) is 0 Å². The standard InChI is InChI=1S/C14H12F3NO2/c15-14(16,17)9-4-5-12(18)11(7-9)13(20)8-2-1-3-10(19)6-8/h1-7,13,19-20H,18H2. The molecule has 0 aliphatic heterocycles. The molecule has 2 rings (SSSR count). The average Bonchev–Trinajstić information content (AvgIpc) is 2.37. The van der Waals surface area contributed by atoms with E-state index in [9.17, 15) is 23.4 Å². The first-order valence-electron chi connectivity index (χ1n) is 5.72. The van der Waals surface area contributed by atoms with Gasteiger partial charge in [0, 0.05) is 11.3 Å². The Bertz CT molecular complexity index is 626. The number of nitrogen functional groups attached to an aromatic ring is 1. The predicted molar refractivity (Wildman–Crippen MR) is 68.0 cm³/mol. The van der Waals surface area contributed by atoms with E-state index in [1.54, 1.807) is 0 Å². The van der Waals surface area contributed by atoms with Crippen LogP contribution in [0.1, 0.15) is 22.8 Å². The fourth-order valence-corrected chi connectivity index (χ4v) is 1.86. The van der Waals surface area contributed by atoms with E-state index in [4.69, 9.17) is 5.73 Å². The Kier molecular flexibility index (Phi) is 3.59. The normalized spacial score (nSPS) is 13.2. The van der Waals surface area contributed by atoms with Crippen LogP contribution < -0.4 is 5.73 Å². The maximum absolute atomic E-state index is 12.7. The molecule has 0 saturated heterocycles. The highest BCUT2D eigenvalue weighted by Crippen LogP contribution is 2.35. The van der Waals surface area contributed by atoms with Gasteiger partial charge in [-0.15, -0.1) is 0 Å². The van der Waals surface area contributed by atoms with Gasteiger partial charge in [0.15, 0.2) is 0 Å². The lowest BCUT2D eigenvalue weighted by Gasteiger charge is -2.16. The van der Waals surface area contributed by atoms with E-state index in [1.807, 2.05) is 0 Å². The van der Waals surface area contributed by atoms with Crippen molar-refractivity contribution in [3.63, 3.8) is 0 Å². The molecule has 0 heterocycles. The Balaban J connectivity index is 2.46. The van der Waals surface area contributed by atoms with Gasteiger partial charge in [0.25, 0.3) is 0 Å². The molecular weight excluding hydrogens is 271 g/mol. The summed E-state index contributed by atoms with van der Waals surface area (Å²) in [4.78, 5) is 0. The molecule has 0 aliphatic rings. The summed E-state index contributed by atoms with van der Waals surface area (Å²) in [6.45, 7) is 0. The lowest BCUT2D eigenvalue weighted by Crippen LogP contribution is -2.09. The molecule has 0 saturated carbocycles. The number of nitrogens with two attached hydrogens (primary N) is 1. The SMILES string of the molecule is Nc1ccc(C(F)(F)F)cc1C(O)c1cccc(O)c1. The number of aromatic hydroxyl groups is 1. The minimum Gasteiger partial charge on any atom is -0.508 e. The number of hydrogen-bond acceptors (Lipinski definition) is 3. The second-order valence-corrected chi connectivity index (χ2v) is 4.34. The van der Waals surface area contributed by atoms with Gasteiger partial charge in [-0.1, -0.05) is 12.1 Å². The third-order valence-electron chi connectivity index (χ3n) is 2.89. The van der Waals surface area contributed by atoms with Crippen molar-refractivity contribution < 1.29 is 23.4 Å². The fourth-order valence-electron chi connectivity index (χ4n) is 1.86. The largest absolute Gasteiger partial charge is 0.508 e. The second-order valence-electron chi connectivity index (χ2n) is 4.34.